The van der Waals surface area contributed by atoms with Crippen LogP contribution in [0.3, 0.4) is 0 Å². The highest BCUT2D eigenvalue weighted by Crippen LogP contribution is 2.34. The molecule has 4 rings (SSSR count). The Balaban J connectivity index is 1.46. The van der Waals surface area contributed by atoms with Crippen molar-refractivity contribution in [2.45, 2.75) is 25.3 Å². The zero-order valence-corrected chi connectivity index (χ0v) is 12.9. The fourth-order valence-corrected chi connectivity index (χ4v) is 3.80. The zero-order chi connectivity index (χ0) is 14.8. The highest BCUT2D eigenvalue weighted by Gasteiger charge is 2.28. The molecule has 1 fully saturated rings. The van der Waals surface area contributed by atoms with Crippen LogP contribution in [0, 0.1) is 0 Å². The molecule has 0 spiro atoms. The second-order valence-electron chi connectivity index (χ2n) is 6.18. The van der Waals surface area contributed by atoms with Crippen LogP contribution in [-0.2, 0) is 6.42 Å². The maximum absolute atomic E-state index is 4.37. The summed E-state index contributed by atoms with van der Waals surface area (Å²) in [4.78, 5) is 13.7. The van der Waals surface area contributed by atoms with Gasteiger partial charge in [0.25, 0.3) is 0 Å². The van der Waals surface area contributed by atoms with Gasteiger partial charge in [0.15, 0.2) is 0 Å². The van der Waals surface area contributed by atoms with Crippen LogP contribution < -0.4 is 4.90 Å². The van der Waals surface area contributed by atoms with Crippen LogP contribution in [0.1, 0.15) is 30.0 Å². The first-order valence-corrected chi connectivity index (χ1v) is 8.25. The Morgan fingerprint density at radius 3 is 2.50 bits per heavy atom. The molecule has 0 saturated carbocycles. The fraction of sp³-hybridized carbons (Fsp3) is 0.444. The first-order valence-electron chi connectivity index (χ1n) is 8.25. The van der Waals surface area contributed by atoms with Gasteiger partial charge in [0.2, 0.25) is 5.95 Å². The molecule has 22 heavy (non-hydrogen) atoms. The van der Waals surface area contributed by atoms with E-state index in [1.165, 1.54) is 19.3 Å². The molecule has 0 N–H and O–H groups in total. The van der Waals surface area contributed by atoms with Crippen molar-refractivity contribution >= 4 is 5.95 Å². The Bertz CT molecular complexity index is 620. The minimum Gasteiger partial charge on any atom is -0.338 e. The lowest BCUT2D eigenvalue weighted by atomic mass is 9.86. The van der Waals surface area contributed by atoms with Crippen LogP contribution in [0.15, 0.2) is 42.7 Å². The van der Waals surface area contributed by atoms with E-state index in [9.17, 15) is 0 Å². The van der Waals surface area contributed by atoms with E-state index in [-0.39, 0.29) is 0 Å². The van der Waals surface area contributed by atoms with Gasteiger partial charge in [-0.3, -0.25) is 4.90 Å². The Labute approximate surface area is 131 Å². The summed E-state index contributed by atoms with van der Waals surface area (Å²) >= 11 is 0. The second-order valence-corrected chi connectivity index (χ2v) is 6.18. The number of benzene rings is 1. The van der Waals surface area contributed by atoms with Crippen LogP contribution in [-0.4, -0.2) is 41.0 Å². The molecule has 2 aliphatic rings. The lowest BCUT2D eigenvalue weighted by Gasteiger charge is -2.41. The van der Waals surface area contributed by atoms with E-state index in [0.717, 1.165) is 32.1 Å². The van der Waals surface area contributed by atoms with Crippen molar-refractivity contribution < 1.29 is 0 Å². The highest BCUT2D eigenvalue weighted by atomic mass is 15.3. The molecular formula is C18H22N4. The van der Waals surface area contributed by atoms with Crippen LogP contribution >= 0.6 is 0 Å². The minimum atomic E-state index is 0.601. The van der Waals surface area contributed by atoms with Crippen LogP contribution in [0.4, 0.5) is 5.95 Å². The Morgan fingerprint density at radius 1 is 0.909 bits per heavy atom. The smallest absolute Gasteiger partial charge is 0.225 e. The van der Waals surface area contributed by atoms with Gasteiger partial charge in [-0.1, -0.05) is 24.3 Å². The Hall–Kier alpha value is -1.94. The third kappa shape index (κ3) is 2.59. The second kappa shape index (κ2) is 6.05. The number of hydrogen-bond donors (Lipinski definition) is 0. The van der Waals surface area contributed by atoms with Crippen LogP contribution in [0.2, 0.25) is 0 Å². The SMILES string of the molecule is c1cnc(N2CCN(C3CCCc4ccccc43)CC2)nc1. The number of fused-ring (bicyclic) bond motifs is 1. The maximum Gasteiger partial charge on any atom is 0.225 e. The summed E-state index contributed by atoms with van der Waals surface area (Å²) in [5.41, 5.74) is 3.10. The third-order valence-electron chi connectivity index (χ3n) is 4.93. The predicted molar refractivity (Wildman–Crippen MR) is 87.9 cm³/mol. The van der Waals surface area contributed by atoms with Gasteiger partial charge in [-0.2, -0.15) is 0 Å². The molecule has 0 radical (unpaired) electrons. The topological polar surface area (TPSA) is 32.3 Å². The Morgan fingerprint density at radius 2 is 1.68 bits per heavy atom. The number of nitrogens with zero attached hydrogens (tertiary/aromatic N) is 4. The summed E-state index contributed by atoms with van der Waals surface area (Å²) in [6.45, 7) is 4.22. The van der Waals surface area contributed by atoms with Gasteiger partial charge >= 0.3 is 0 Å². The molecule has 4 heteroatoms. The number of hydrogen-bond acceptors (Lipinski definition) is 4. The number of aromatic nitrogens is 2. The van der Waals surface area contributed by atoms with Gasteiger partial charge in [-0.05, 0) is 36.5 Å². The largest absolute Gasteiger partial charge is 0.338 e. The van der Waals surface area contributed by atoms with Crippen molar-refractivity contribution in [3.05, 3.63) is 53.9 Å². The molecule has 2 heterocycles. The molecule has 1 aromatic heterocycles. The van der Waals surface area contributed by atoms with Gasteiger partial charge in [0.05, 0.1) is 0 Å². The van der Waals surface area contributed by atoms with Crippen LogP contribution in [0.25, 0.3) is 0 Å². The molecule has 0 bridgehead atoms. The summed E-state index contributed by atoms with van der Waals surface area (Å²) in [7, 11) is 0. The number of rotatable bonds is 2. The quantitative estimate of drug-likeness (QED) is 0.852. The maximum atomic E-state index is 4.37. The lowest BCUT2D eigenvalue weighted by Crippen LogP contribution is -2.48. The number of piperazine rings is 1. The fourth-order valence-electron chi connectivity index (χ4n) is 3.80. The van der Waals surface area contributed by atoms with Crippen molar-refractivity contribution in [2.24, 2.45) is 0 Å². The minimum absolute atomic E-state index is 0.601. The van der Waals surface area contributed by atoms with Gasteiger partial charge in [0, 0.05) is 44.6 Å². The molecular weight excluding hydrogens is 272 g/mol. The molecule has 114 valence electrons. The van der Waals surface area contributed by atoms with Crippen LogP contribution in [0.5, 0.6) is 0 Å². The molecule has 2 aromatic rings. The van der Waals surface area contributed by atoms with Gasteiger partial charge in [-0.15, -0.1) is 0 Å². The number of aryl methyl sites for hydroxylation is 1. The summed E-state index contributed by atoms with van der Waals surface area (Å²) in [6.07, 6.45) is 7.49. The van der Waals surface area contributed by atoms with Crippen molar-refractivity contribution in [3.63, 3.8) is 0 Å². The third-order valence-corrected chi connectivity index (χ3v) is 4.93. The summed E-state index contributed by atoms with van der Waals surface area (Å²) in [6, 6.07) is 11.5. The normalized spacial score (nSPS) is 22.4. The highest BCUT2D eigenvalue weighted by molar-refractivity contribution is 5.33. The van der Waals surface area contributed by atoms with Gasteiger partial charge in [-0.25, -0.2) is 9.97 Å². The van der Waals surface area contributed by atoms with E-state index in [1.54, 1.807) is 11.1 Å². The first-order chi connectivity index (χ1) is 10.9. The molecule has 1 aliphatic carbocycles. The zero-order valence-electron chi connectivity index (χ0n) is 12.9. The predicted octanol–water partition coefficient (Wildman–Crippen LogP) is 2.68. The standard InChI is InChI=1S/C18H22N4/c1-2-7-16-15(5-1)6-3-8-17(16)21-11-13-22(14-12-21)18-19-9-4-10-20-18/h1-2,4-5,7,9-10,17H,3,6,8,11-14H2. The first kappa shape index (κ1) is 13.7. The van der Waals surface area contributed by atoms with Crippen molar-refractivity contribution in [3.8, 4) is 0 Å². The van der Waals surface area contributed by atoms with Crippen molar-refractivity contribution in [1.29, 1.82) is 0 Å². The van der Waals surface area contributed by atoms with E-state index < -0.39 is 0 Å². The summed E-state index contributed by atoms with van der Waals surface area (Å²) in [5, 5.41) is 0. The van der Waals surface area contributed by atoms with E-state index >= 15 is 0 Å². The molecule has 1 aliphatic heterocycles. The summed E-state index contributed by atoms with van der Waals surface area (Å²) in [5.74, 6) is 0.867. The van der Waals surface area contributed by atoms with E-state index in [2.05, 4.69) is 44.0 Å². The molecule has 4 nitrogen and oxygen atoms in total. The monoisotopic (exact) mass is 294 g/mol. The van der Waals surface area contributed by atoms with E-state index in [4.69, 9.17) is 0 Å². The van der Waals surface area contributed by atoms with Gasteiger partial charge in [0.1, 0.15) is 0 Å². The number of anilines is 1. The van der Waals surface area contributed by atoms with Crippen molar-refractivity contribution in [1.82, 2.24) is 14.9 Å². The average molecular weight is 294 g/mol. The lowest BCUT2D eigenvalue weighted by molar-refractivity contribution is 0.168. The Kier molecular flexibility index (Phi) is 3.77. The average Bonchev–Trinajstić information content (AvgIpc) is 2.62. The molecule has 1 saturated heterocycles. The van der Waals surface area contributed by atoms with E-state index in [1.807, 2.05) is 18.5 Å². The molecule has 1 atom stereocenters. The van der Waals surface area contributed by atoms with E-state index in [0.29, 0.717) is 6.04 Å². The summed E-state index contributed by atoms with van der Waals surface area (Å²) < 4.78 is 0. The molecule has 0 amide bonds. The van der Waals surface area contributed by atoms with Crippen molar-refractivity contribution in [2.75, 3.05) is 31.1 Å². The van der Waals surface area contributed by atoms with Gasteiger partial charge < -0.3 is 4.90 Å². The molecule has 1 unspecified atom stereocenters. The molecule has 1 aromatic carbocycles.